The van der Waals surface area contributed by atoms with E-state index < -0.39 is 0 Å². The van der Waals surface area contributed by atoms with Gasteiger partial charge in [-0.15, -0.1) is 0 Å². The summed E-state index contributed by atoms with van der Waals surface area (Å²) in [5, 5.41) is 11.8. The highest BCUT2D eigenvalue weighted by Gasteiger charge is 2.22. The van der Waals surface area contributed by atoms with Gasteiger partial charge in [-0.1, -0.05) is 0 Å². The third-order valence-electron chi connectivity index (χ3n) is 3.19. The van der Waals surface area contributed by atoms with E-state index in [1.165, 1.54) is 6.20 Å². The van der Waals surface area contributed by atoms with Crippen molar-refractivity contribution in [1.82, 2.24) is 19.8 Å². The molecular formula is C12H19N5O2. The van der Waals surface area contributed by atoms with E-state index >= 15 is 0 Å². The van der Waals surface area contributed by atoms with Crippen LogP contribution >= 0.6 is 0 Å². The molecule has 2 heterocycles. The van der Waals surface area contributed by atoms with Crippen molar-refractivity contribution in [1.29, 1.82) is 0 Å². The SMILES string of the molecule is CNc1cncc(C(=O)N2CCN(CCO)CC2)n1. The maximum absolute atomic E-state index is 12.3. The van der Waals surface area contributed by atoms with Gasteiger partial charge < -0.3 is 15.3 Å². The van der Waals surface area contributed by atoms with Crippen LogP contribution in [-0.2, 0) is 0 Å². The second kappa shape index (κ2) is 6.44. The summed E-state index contributed by atoms with van der Waals surface area (Å²) in [4.78, 5) is 24.4. The van der Waals surface area contributed by atoms with E-state index in [9.17, 15) is 4.79 Å². The second-order valence-corrected chi connectivity index (χ2v) is 4.40. The highest BCUT2D eigenvalue weighted by atomic mass is 16.3. The Morgan fingerprint density at radius 3 is 2.74 bits per heavy atom. The topological polar surface area (TPSA) is 81.6 Å². The van der Waals surface area contributed by atoms with E-state index in [1.807, 2.05) is 0 Å². The molecule has 0 atom stereocenters. The fourth-order valence-corrected chi connectivity index (χ4v) is 2.07. The Hall–Kier alpha value is -1.73. The smallest absolute Gasteiger partial charge is 0.274 e. The number of hydrogen-bond acceptors (Lipinski definition) is 6. The molecule has 1 amide bonds. The van der Waals surface area contributed by atoms with Crippen molar-refractivity contribution in [2.75, 3.05) is 51.7 Å². The molecule has 7 nitrogen and oxygen atoms in total. The van der Waals surface area contributed by atoms with Crippen molar-refractivity contribution >= 4 is 11.7 Å². The molecule has 2 rings (SSSR count). The molecule has 1 aromatic rings. The monoisotopic (exact) mass is 265 g/mol. The summed E-state index contributed by atoms with van der Waals surface area (Å²) in [6.45, 7) is 3.70. The van der Waals surface area contributed by atoms with Gasteiger partial charge in [-0.05, 0) is 0 Å². The average Bonchev–Trinajstić information content (AvgIpc) is 2.48. The average molecular weight is 265 g/mol. The van der Waals surface area contributed by atoms with Gasteiger partial charge in [0.25, 0.3) is 5.91 Å². The molecule has 0 unspecified atom stereocenters. The molecule has 1 aliphatic rings. The molecule has 0 spiro atoms. The van der Waals surface area contributed by atoms with Gasteiger partial charge in [-0.3, -0.25) is 14.7 Å². The fraction of sp³-hybridized carbons (Fsp3) is 0.583. The van der Waals surface area contributed by atoms with Crippen LogP contribution in [0.15, 0.2) is 12.4 Å². The summed E-state index contributed by atoms with van der Waals surface area (Å²) < 4.78 is 0. The highest BCUT2D eigenvalue weighted by molar-refractivity contribution is 5.92. The van der Waals surface area contributed by atoms with Crippen molar-refractivity contribution in [2.45, 2.75) is 0 Å². The number of rotatable bonds is 4. The zero-order valence-electron chi connectivity index (χ0n) is 11.0. The summed E-state index contributed by atoms with van der Waals surface area (Å²) in [7, 11) is 1.74. The maximum Gasteiger partial charge on any atom is 0.274 e. The summed E-state index contributed by atoms with van der Waals surface area (Å²) in [5.41, 5.74) is 0.363. The highest BCUT2D eigenvalue weighted by Crippen LogP contribution is 2.08. The van der Waals surface area contributed by atoms with Crippen LogP contribution < -0.4 is 5.32 Å². The minimum atomic E-state index is -0.0896. The quantitative estimate of drug-likeness (QED) is 0.747. The fourth-order valence-electron chi connectivity index (χ4n) is 2.07. The molecule has 104 valence electrons. The Labute approximate surface area is 112 Å². The van der Waals surface area contributed by atoms with Gasteiger partial charge in [0.1, 0.15) is 11.5 Å². The van der Waals surface area contributed by atoms with Crippen LogP contribution in [0.5, 0.6) is 0 Å². The van der Waals surface area contributed by atoms with Crippen molar-refractivity contribution in [3.05, 3.63) is 18.1 Å². The van der Waals surface area contributed by atoms with Crippen LogP contribution in [0.3, 0.4) is 0 Å². The first-order chi connectivity index (χ1) is 9.24. The Morgan fingerprint density at radius 2 is 2.11 bits per heavy atom. The standard InChI is InChI=1S/C12H19N5O2/c1-13-11-9-14-8-10(15-11)12(19)17-4-2-16(3-5-17)6-7-18/h8-9,18H,2-7H2,1H3,(H,13,15). The van der Waals surface area contributed by atoms with E-state index in [2.05, 4.69) is 20.2 Å². The number of carbonyl (C=O) groups excluding carboxylic acids is 1. The molecule has 1 fully saturated rings. The summed E-state index contributed by atoms with van der Waals surface area (Å²) in [6.07, 6.45) is 3.07. The predicted octanol–water partition coefficient (Wildman–Crippen LogP) is -0.732. The molecular weight excluding hydrogens is 246 g/mol. The summed E-state index contributed by atoms with van der Waals surface area (Å²) >= 11 is 0. The summed E-state index contributed by atoms with van der Waals surface area (Å²) in [5.74, 6) is 0.498. The maximum atomic E-state index is 12.3. The number of nitrogens with zero attached hydrogens (tertiary/aromatic N) is 4. The lowest BCUT2D eigenvalue weighted by Crippen LogP contribution is -2.49. The Kier molecular flexibility index (Phi) is 4.64. The number of nitrogens with one attached hydrogen (secondary N) is 1. The molecule has 1 saturated heterocycles. The number of piperazine rings is 1. The third-order valence-corrected chi connectivity index (χ3v) is 3.19. The Balaban J connectivity index is 1.97. The Morgan fingerprint density at radius 1 is 1.37 bits per heavy atom. The lowest BCUT2D eigenvalue weighted by Gasteiger charge is -2.34. The van der Waals surface area contributed by atoms with Crippen LogP contribution in [0.4, 0.5) is 5.82 Å². The van der Waals surface area contributed by atoms with Gasteiger partial charge in [0.15, 0.2) is 0 Å². The van der Waals surface area contributed by atoms with E-state index in [-0.39, 0.29) is 12.5 Å². The number of aliphatic hydroxyl groups is 1. The molecule has 19 heavy (non-hydrogen) atoms. The van der Waals surface area contributed by atoms with E-state index in [1.54, 1.807) is 18.1 Å². The first-order valence-electron chi connectivity index (χ1n) is 6.37. The zero-order valence-corrected chi connectivity index (χ0v) is 11.0. The first kappa shape index (κ1) is 13.7. The van der Waals surface area contributed by atoms with Crippen LogP contribution in [0.25, 0.3) is 0 Å². The number of amides is 1. The summed E-state index contributed by atoms with van der Waals surface area (Å²) in [6, 6.07) is 0. The third kappa shape index (κ3) is 3.39. The first-order valence-corrected chi connectivity index (χ1v) is 6.37. The minimum Gasteiger partial charge on any atom is -0.395 e. The molecule has 0 aromatic carbocycles. The van der Waals surface area contributed by atoms with Gasteiger partial charge in [-0.25, -0.2) is 4.98 Å². The van der Waals surface area contributed by atoms with Crippen molar-refractivity contribution < 1.29 is 9.90 Å². The number of carbonyl (C=O) groups is 1. The van der Waals surface area contributed by atoms with Gasteiger partial charge in [0.2, 0.25) is 0 Å². The van der Waals surface area contributed by atoms with Crippen molar-refractivity contribution in [2.24, 2.45) is 0 Å². The minimum absolute atomic E-state index is 0.0896. The number of anilines is 1. The predicted molar refractivity (Wildman–Crippen MR) is 71.0 cm³/mol. The van der Waals surface area contributed by atoms with Crippen molar-refractivity contribution in [3.8, 4) is 0 Å². The van der Waals surface area contributed by atoms with Crippen molar-refractivity contribution in [3.63, 3.8) is 0 Å². The van der Waals surface area contributed by atoms with Crippen LogP contribution in [-0.4, -0.2) is 77.2 Å². The van der Waals surface area contributed by atoms with Gasteiger partial charge in [-0.2, -0.15) is 0 Å². The lowest BCUT2D eigenvalue weighted by atomic mass is 10.3. The van der Waals surface area contributed by atoms with Gasteiger partial charge >= 0.3 is 0 Å². The van der Waals surface area contributed by atoms with E-state index in [0.29, 0.717) is 31.1 Å². The molecule has 7 heteroatoms. The largest absolute Gasteiger partial charge is 0.395 e. The van der Waals surface area contributed by atoms with E-state index in [0.717, 1.165) is 13.1 Å². The molecule has 1 aromatic heterocycles. The normalized spacial score (nSPS) is 16.4. The molecule has 0 bridgehead atoms. The molecule has 1 aliphatic heterocycles. The van der Waals surface area contributed by atoms with Gasteiger partial charge in [0.05, 0.1) is 19.0 Å². The number of β-amino-alcohol motifs (C(OH)–C–C–N with tert-alkyl or cyclic N) is 1. The molecule has 0 aliphatic carbocycles. The number of hydrogen-bond donors (Lipinski definition) is 2. The van der Waals surface area contributed by atoms with Crippen LogP contribution in [0, 0.1) is 0 Å². The Bertz CT molecular complexity index is 432. The van der Waals surface area contributed by atoms with E-state index in [4.69, 9.17) is 5.11 Å². The van der Waals surface area contributed by atoms with Crippen LogP contribution in [0.2, 0.25) is 0 Å². The zero-order chi connectivity index (χ0) is 13.7. The number of aromatic nitrogens is 2. The number of aliphatic hydroxyl groups excluding tert-OH is 1. The van der Waals surface area contributed by atoms with Gasteiger partial charge in [0, 0.05) is 39.8 Å². The lowest BCUT2D eigenvalue weighted by molar-refractivity contribution is 0.0609. The molecule has 2 N–H and O–H groups in total. The second-order valence-electron chi connectivity index (χ2n) is 4.40. The molecule has 0 saturated carbocycles. The molecule has 0 radical (unpaired) electrons. The van der Waals surface area contributed by atoms with Crippen LogP contribution in [0.1, 0.15) is 10.5 Å².